The molecule has 194 valence electrons. The Bertz CT molecular complexity index is 1110. The molecule has 7 nitrogen and oxygen atoms in total. The molecule has 36 heavy (non-hydrogen) atoms. The summed E-state index contributed by atoms with van der Waals surface area (Å²) in [6, 6.07) is 13.2. The molecule has 0 aromatic heterocycles. The number of ether oxygens (including phenoxy) is 1. The summed E-state index contributed by atoms with van der Waals surface area (Å²) < 4.78 is 5.36. The van der Waals surface area contributed by atoms with Crippen LogP contribution in [-0.4, -0.2) is 46.2 Å². The summed E-state index contributed by atoms with van der Waals surface area (Å²) in [5, 5.41) is 5.68. The lowest BCUT2D eigenvalue weighted by atomic mass is 10.00. The van der Waals surface area contributed by atoms with E-state index in [1.54, 1.807) is 25.7 Å². The fraction of sp³-hybridized carbons (Fsp3) is 0.464. The second-order valence-corrected chi connectivity index (χ2v) is 10.9. The van der Waals surface area contributed by atoms with Gasteiger partial charge in [-0.25, -0.2) is 4.79 Å². The maximum Gasteiger partial charge on any atom is 0.408 e. The van der Waals surface area contributed by atoms with Crippen LogP contribution in [-0.2, 0) is 14.3 Å². The van der Waals surface area contributed by atoms with E-state index in [1.165, 1.54) is 0 Å². The standard InChI is InChI=1S/C28H37N3O4S/c1-17-10-9-12-20(14-17)24(25(32)29-21-13-8-7-11-18(21)2)31(23-15-19(23)3)26(33)22(16-36)30-27(34)35-28(4,5)6/h7-14,19,22-24,36H,15-16H2,1-6H3,(H,29,32)(H,30,34). The van der Waals surface area contributed by atoms with Gasteiger partial charge in [-0.15, -0.1) is 0 Å². The molecule has 0 spiro atoms. The number of para-hydroxylation sites is 1. The highest BCUT2D eigenvalue weighted by atomic mass is 32.1. The first-order valence-corrected chi connectivity index (χ1v) is 12.9. The van der Waals surface area contributed by atoms with E-state index in [2.05, 4.69) is 30.2 Å². The molecule has 1 aliphatic rings. The Morgan fingerprint density at radius 3 is 2.33 bits per heavy atom. The van der Waals surface area contributed by atoms with E-state index in [1.807, 2.05) is 62.4 Å². The smallest absolute Gasteiger partial charge is 0.408 e. The summed E-state index contributed by atoms with van der Waals surface area (Å²) in [4.78, 5) is 41.9. The Balaban J connectivity index is 1.99. The van der Waals surface area contributed by atoms with Crippen molar-refractivity contribution in [2.45, 2.75) is 71.7 Å². The van der Waals surface area contributed by atoms with Crippen LogP contribution in [0.15, 0.2) is 48.5 Å². The number of carbonyl (C=O) groups is 3. The molecule has 2 aromatic rings. The minimum atomic E-state index is -0.949. The van der Waals surface area contributed by atoms with Gasteiger partial charge in [-0.3, -0.25) is 9.59 Å². The summed E-state index contributed by atoms with van der Waals surface area (Å²) in [6.45, 7) is 11.2. The molecular weight excluding hydrogens is 474 g/mol. The quantitative estimate of drug-likeness (QED) is 0.433. The molecule has 0 aliphatic heterocycles. The third kappa shape index (κ3) is 7.03. The second kappa shape index (κ2) is 11.4. The maximum absolute atomic E-state index is 14.0. The van der Waals surface area contributed by atoms with Crippen LogP contribution in [0.2, 0.25) is 0 Å². The number of hydrogen-bond acceptors (Lipinski definition) is 5. The van der Waals surface area contributed by atoms with Crippen molar-refractivity contribution >= 4 is 36.2 Å². The van der Waals surface area contributed by atoms with Gasteiger partial charge in [0.15, 0.2) is 0 Å². The van der Waals surface area contributed by atoms with Gasteiger partial charge in [0.2, 0.25) is 5.91 Å². The van der Waals surface area contributed by atoms with Crippen molar-refractivity contribution in [2.75, 3.05) is 11.1 Å². The minimum absolute atomic E-state index is 0.0651. The van der Waals surface area contributed by atoms with Crippen molar-refractivity contribution in [2.24, 2.45) is 5.92 Å². The molecule has 2 aromatic carbocycles. The lowest BCUT2D eigenvalue weighted by molar-refractivity contribution is -0.141. The van der Waals surface area contributed by atoms with E-state index < -0.39 is 23.8 Å². The number of aryl methyl sites for hydroxylation is 2. The number of thiol groups is 1. The zero-order valence-corrected chi connectivity index (χ0v) is 22.8. The van der Waals surface area contributed by atoms with Crippen LogP contribution in [0.3, 0.4) is 0 Å². The number of rotatable bonds is 8. The monoisotopic (exact) mass is 511 g/mol. The maximum atomic E-state index is 14.0. The van der Waals surface area contributed by atoms with Crippen molar-refractivity contribution < 1.29 is 19.1 Å². The zero-order valence-electron chi connectivity index (χ0n) is 21.9. The molecule has 2 N–H and O–H groups in total. The Morgan fingerprint density at radius 1 is 1.11 bits per heavy atom. The van der Waals surface area contributed by atoms with Gasteiger partial charge >= 0.3 is 6.09 Å². The van der Waals surface area contributed by atoms with Gasteiger partial charge in [0.25, 0.3) is 5.91 Å². The van der Waals surface area contributed by atoms with Gasteiger partial charge in [0.05, 0.1) is 0 Å². The van der Waals surface area contributed by atoms with Crippen molar-refractivity contribution in [3.05, 3.63) is 65.2 Å². The highest BCUT2D eigenvalue weighted by Crippen LogP contribution is 2.41. The Morgan fingerprint density at radius 2 is 1.78 bits per heavy atom. The van der Waals surface area contributed by atoms with E-state index >= 15 is 0 Å². The van der Waals surface area contributed by atoms with E-state index in [0.717, 1.165) is 17.5 Å². The van der Waals surface area contributed by atoms with Crippen molar-refractivity contribution in [1.29, 1.82) is 0 Å². The predicted octanol–water partition coefficient (Wildman–Crippen LogP) is 5.04. The number of carbonyl (C=O) groups excluding carboxylic acids is 3. The zero-order chi connectivity index (χ0) is 26.6. The molecule has 0 heterocycles. The van der Waals surface area contributed by atoms with Gasteiger partial charge in [-0.1, -0.05) is 55.0 Å². The average Bonchev–Trinajstić information content (AvgIpc) is 3.51. The fourth-order valence-electron chi connectivity index (χ4n) is 4.18. The highest BCUT2D eigenvalue weighted by Gasteiger charge is 2.48. The molecule has 1 fully saturated rings. The largest absolute Gasteiger partial charge is 0.444 e. The average molecular weight is 512 g/mol. The Kier molecular flexibility index (Phi) is 8.71. The van der Waals surface area contributed by atoms with Crippen molar-refractivity contribution in [3.63, 3.8) is 0 Å². The normalized spacial score (nSPS) is 18.5. The van der Waals surface area contributed by atoms with Gasteiger partial charge in [0.1, 0.15) is 17.7 Å². The number of amides is 3. The predicted molar refractivity (Wildman–Crippen MR) is 145 cm³/mol. The lowest BCUT2D eigenvalue weighted by Gasteiger charge is -2.35. The summed E-state index contributed by atoms with van der Waals surface area (Å²) >= 11 is 4.35. The van der Waals surface area contributed by atoms with Crippen LogP contribution in [0.4, 0.5) is 10.5 Å². The number of benzene rings is 2. The molecule has 0 saturated heterocycles. The molecule has 1 saturated carbocycles. The van der Waals surface area contributed by atoms with E-state index in [9.17, 15) is 14.4 Å². The van der Waals surface area contributed by atoms with Gasteiger partial charge in [-0.05, 0) is 64.2 Å². The van der Waals surface area contributed by atoms with Crippen LogP contribution < -0.4 is 10.6 Å². The molecule has 8 heteroatoms. The topological polar surface area (TPSA) is 87.7 Å². The molecule has 3 rings (SSSR count). The SMILES string of the molecule is Cc1cccc(C(C(=O)Nc2ccccc2C)N(C(=O)C(CS)NC(=O)OC(C)(C)C)C2CC2C)c1. The van der Waals surface area contributed by atoms with Crippen molar-refractivity contribution in [3.8, 4) is 0 Å². The lowest BCUT2D eigenvalue weighted by Crippen LogP contribution is -2.54. The highest BCUT2D eigenvalue weighted by molar-refractivity contribution is 7.80. The van der Waals surface area contributed by atoms with Gasteiger partial charge in [0, 0.05) is 17.5 Å². The minimum Gasteiger partial charge on any atom is -0.444 e. The molecular formula is C28H37N3O4S. The van der Waals surface area contributed by atoms with Crippen LogP contribution in [0.1, 0.15) is 56.8 Å². The number of nitrogens with zero attached hydrogens (tertiary/aromatic N) is 1. The third-order valence-corrected chi connectivity index (χ3v) is 6.50. The summed E-state index contributed by atoms with van der Waals surface area (Å²) in [5.74, 6) is -0.376. The third-order valence-electron chi connectivity index (χ3n) is 6.14. The molecule has 0 radical (unpaired) electrons. The van der Waals surface area contributed by atoms with Crippen LogP contribution in [0.25, 0.3) is 0 Å². The Labute approximate surface area is 219 Å². The molecule has 4 atom stereocenters. The first-order valence-electron chi connectivity index (χ1n) is 12.3. The summed E-state index contributed by atoms with van der Waals surface area (Å²) in [7, 11) is 0. The molecule has 3 amide bonds. The van der Waals surface area contributed by atoms with Gasteiger partial charge in [-0.2, -0.15) is 12.6 Å². The first-order chi connectivity index (χ1) is 16.9. The molecule has 0 bridgehead atoms. The van der Waals surface area contributed by atoms with Crippen LogP contribution in [0, 0.1) is 19.8 Å². The van der Waals surface area contributed by atoms with Crippen LogP contribution in [0.5, 0.6) is 0 Å². The summed E-state index contributed by atoms with van der Waals surface area (Å²) in [5.41, 5.74) is 2.59. The van der Waals surface area contributed by atoms with E-state index in [4.69, 9.17) is 4.74 Å². The fourth-order valence-corrected chi connectivity index (χ4v) is 4.43. The first kappa shape index (κ1) is 27.6. The number of alkyl carbamates (subject to hydrolysis) is 1. The Hall–Kier alpha value is -3.00. The number of hydrogen-bond donors (Lipinski definition) is 3. The number of anilines is 1. The van der Waals surface area contributed by atoms with E-state index in [0.29, 0.717) is 11.3 Å². The summed E-state index contributed by atoms with van der Waals surface area (Å²) in [6.07, 6.45) is 0.0763. The van der Waals surface area contributed by atoms with Crippen molar-refractivity contribution in [1.82, 2.24) is 10.2 Å². The van der Waals surface area contributed by atoms with Gasteiger partial charge < -0.3 is 20.3 Å². The molecule has 1 aliphatic carbocycles. The molecule has 4 unspecified atom stereocenters. The number of nitrogens with one attached hydrogen (secondary N) is 2. The second-order valence-electron chi connectivity index (χ2n) is 10.5. The van der Waals surface area contributed by atoms with E-state index in [-0.39, 0.29) is 29.5 Å². The van der Waals surface area contributed by atoms with Crippen LogP contribution >= 0.6 is 12.6 Å².